The zero-order valence-corrected chi connectivity index (χ0v) is 12.9. The van der Waals surface area contributed by atoms with Crippen LogP contribution in [0.15, 0.2) is 36.4 Å². The number of benzene rings is 2. The molecule has 2 aromatic rings. The van der Waals surface area contributed by atoms with Crippen LogP contribution < -0.4 is 11.1 Å². The lowest BCUT2D eigenvalue weighted by Gasteiger charge is -2.09. The smallest absolute Gasteiger partial charge is 0.279 e. The standard InChI is InChI=1S/C15H12N4O6/c1-8-12(18(22)23)6-9(7-13(8)19(24)25)15(21)17-11-5-3-2-4-10(11)14(16)20/h2-7H,1H3,(H2,16,20)(H,17,21). The average molecular weight is 344 g/mol. The number of nitrogens with one attached hydrogen (secondary N) is 1. The third-order valence-electron chi connectivity index (χ3n) is 3.45. The zero-order chi connectivity index (χ0) is 18.7. The summed E-state index contributed by atoms with van der Waals surface area (Å²) in [5.41, 5.74) is 3.77. The van der Waals surface area contributed by atoms with Gasteiger partial charge in [0.15, 0.2) is 0 Å². The third kappa shape index (κ3) is 3.58. The highest BCUT2D eigenvalue weighted by Crippen LogP contribution is 2.29. The molecule has 128 valence electrons. The molecule has 0 spiro atoms. The second-order valence-corrected chi connectivity index (χ2v) is 5.02. The van der Waals surface area contributed by atoms with Crippen molar-refractivity contribution in [1.82, 2.24) is 0 Å². The molecule has 0 aliphatic rings. The van der Waals surface area contributed by atoms with Gasteiger partial charge in [-0.15, -0.1) is 0 Å². The van der Waals surface area contributed by atoms with Gasteiger partial charge in [0.25, 0.3) is 23.2 Å². The molecule has 2 aromatic carbocycles. The number of para-hydroxylation sites is 1. The summed E-state index contributed by atoms with van der Waals surface area (Å²) in [5, 5.41) is 24.5. The van der Waals surface area contributed by atoms with Crippen LogP contribution in [0.2, 0.25) is 0 Å². The van der Waals surface area contributed by atoms with Gasteiger partial charge in [0.05, 0.1) is 26.7 Å². The van der Waals surface area contributed by atoms with Crippen LogP contribution in [0, 0.1) is 27.2 Å². The number of amides is 2. The number of nitrogens with two attached hydrogens (primary N) is 1. The lowest BCUT2D eigenvalue weighted by molar-refractivity contribution is -0.395. The number of hydrogen-bond donors (Lipinski definition) is 2. The monoisotopic (exact) mass is 344 g/mol. The predicted molar refractivity (Wildman–Crippen MR) is 87.4 cm³/mol. The van der Waals surface area contributed by atoms with E-state index in [1.807, 2.05) is 0 Å². The Hall–Kier alpha value is -3.82. The summed E-state index contributed by atoms with van der Waals surface area (Å²) in [6.45, 7) is 1.22. The van der Waals surface area contributed by atoms with Gasteiger partial charge in [-0.05, 0) is 19.1 Å². The van der Waals surface area contributed by atoms with Crippen LogP contribution in [0.1, 0.15) is 26.3 Å². The molecule has 10 heteroatoms. The Morgan fingerprint density at radius 3 is 2.04 bits per heavy atom. The van der Waals surface area contributed by atoms with Crippen LogP contribution in [0.4, 0.5) is 17.1 Å². The van der Waals surface area contributed by atoms with Gasteiger partial charge in [-0.3, -0.25) is 29.8 Å². The van der Waals surface area contributed by atoms with Crippen LogP contribution >= 0.6 is 0 Å². The highest BCUT2D eigenvalue weighted by Gasteiger charge is 2.25. The summed E-state index contributed by atoms with van der Waals surface area (Å²) in [4.78, 5) is 44.2. The van der Waals surface area contributed by atoms with E-state index in [9.17, 15) is 29.8 Å². The number of hydrogen-bond acceptors (Lipinski definition) is 6. The normalized spacial score (nSPS) is 10.1. The van der Waals surface area contributed by atoms with Crippen molar-refractivity contribution in [2.45, 2.75) is 6.92 Å². The first-order chi connectivity index (χ1) is 11.7. The summed E-state index contributed by atoms with van der Waals surface area (Å²) in [7, 11) is 0. The van der Waals surface area contributed by atoms with Crippen molar-refractivity contribution in [2.75, 3.05) is 5.32 Å². The molecule has 0 bridgehead atoms. The fourth-order valence-electron chi connectivity index (χ4n) is 2.20. The molecule has 3 N–H and O–H groups in total. The maximum Gasteiger partial charge on any atom is 0.279 e. The maximum absolute atomic E-state index is 12.3. The van der Waals surface area contributed by atoms with E-state index < -0.39 is 33.0 Å². The largest absolute Gasteiger partial charge is 0.366 e. The lowest BCUT2D eigenvalue weighted by atomic mass is 10.1. The summed E-state index contributed by atoms with van der Waals surface area (Å²) in [6.07, 6.45) is 0. The highest BCUT2D eigenvalue weighted by atomic mass is 16.6. The molecule has 25 heavy (non-hydrogen) atoms. The Balaban J connectivity index is 2.48. The molecule has 0 fully saturated rings. The van der Waals surface area contributed by atoms with E-state index in [4.69, 9.17) is 5.73 Å². The Kier molecular flexibility index (Phi) is 4.73. The number of anilines is 1. The van der Waals surface area contributed by atoms with E-state index in [0.29, 0.717) is 0 Å². The van der Waals surface area contributed by atoms with E-state index in [-0.39, 0.29) is 22.4 Å². The highest BCUT2D eigenvalue weighted by molar-refractivity contribution is 6.09. The van der Waals surface area contributed by atoms with E-state index >= 15 is 0 Å². The Morgan fingerprint density at radius 1 is 1.04 bits per heavy atom. The first-order valence-corrected chi connectivity index (χ1v) is 6.86. The molecule has 0 aliphatic heterocycles. The lowest BCUT2D eigenvalue weighted by Crippen LogP contribution is -2.18. The molecule has 2 rings (SSSR count). The number of primary amides is 1. The molecule has 0 saturated heterocycles. The number of rotatable bonds is 5. The quantitative estimate of drug-likeness (QED) is 0.624. The van der Waals surface area contributed by atoms with Gasteiger partial charge in [0.2, 0.25) is 0 Å². The third-order valence-corrected chi connectivity index (χ3v) is 3.45. The summed E-state index contributed by atoms with van der Waals surface area (Å²) in [5.74, 6) is -1.63. The molecular weight excluding hydrogens is 332 g/mol. The molecule has 0 aliphatic carbocycles. The minimum Gasteiger partial charge on any atom is -0.366 e. The number of carbonyl (C=O) groups excluding carboxylic acids is 2. The molecule has 0 radical (unpaired) electrons. The summed E-state index contributed by atoms with van der Waals surface area (Å²) >= 11 is 0. The minimum absolute atomic E-state index is 0.0342. The zero-order valence-electron chi connectivity index (χ0n) is 12.9. The molecule has 0 saturated carbocycles. The number of nitro benzene ring substituents is 2. The van der Waals surface area contributed by atoms with Crippen molar-refractivity contribution in [2.24, 2.45) is 5.73 Å². The molecule has 2 amide bonds. The Labute approximate surface area is 140 Å². The fraction of sp³-hybridized carbons (Fsp3) is 0.0667. The van der Waals surface area contributed by atoms with Crippen molar-refractivity contribution in [3.8, 4) is 0 Å². The van der Waals surface area contributed by atoms with Gasteiger partial charge in [-0.25, -0.2) is 0 Å². The molecule has 0 atom stereocenters. The van der Waals surface area contributed by atoms with E-state index in [0.717, 1.165) is 12.1 Å². The second kappa shape index (κ2) is 6.74. The number of carbonyl (C=O) groups is 2. The maximum atomic E-state index is 12.3. The SMILES string of the molecule is Cc1c([N+](=O)[O-])cc(C(=O)Nc2ccccc2C(N)=O)cc1[N+](=O)[O-]. The predicted octanol–water partition coefficient (Wildman–Crippen LogP) is 2.16. The second-order valence-electron chi connectivity index (χ2n) is 5.02. The average Bonchev–Trinajstić information content (AvgIpc) is 2.54. The number of nitro groups is 2. The summed E-state index contributed by atoms with van der Waals surface area (Å²) in [6, 6.07) is 7.75. The van der Waals surface area contributed by atoms with Gasteiger partial charge >= 0.3 is 0 Å². The van der Waals surface area contributed by atoms with E-state index in [2.05, 4.69) is 5.32 Å². The van der Waals surface area contributed by atoms with Crippen molar-refractivity contribution in [3.63, 3.8) is 0 Å². The van der Waals surface area contributed by atoms with Crippen molar-refractivity contribution in [1.29, 1.82) is 0 Å². The first kappa shape index (κ1) is 17.5. The van der Waals surface area contributed by atoms with Crippen LogP contribution in [0.3, 0.4) is 0 Å². The van der Waals surface area contributed by atoms with E-state index in [1.54, 1.807) is 6.07 Å². The van der Waals surface area contributed by atoms with Crippen molar-refractivity contribution < 1.29 is 19.4 Å². The summed E-state index contributed by atoms with van der Waals surface area (Å²) < 4.78 is 0. The van der Waals surface area contributed by atoms with Crippen LogP contribution in [0.25, 0.3) is 0 Å². The van der Waals surface area contributed by atoms with Gasteiger partial charge in [-0.2, -0.15) is 0 Å². The fourth-order valence-corrected chi connectivity index (χ4v) is 2.20. The Morgan fingerprint density at radius 2 is 1.56 bits per heavy atom. The van der Waals surface area contributed by atoms with Crippen LogP contribution in [0.5, 0.6) is 0 Å². The van der Waals surface area contributed by atoms with Gasteiger partial charge < -0.3 is 11.1 Å². The van der Waals surface area contributed by atoms with Gasteiger partial charge in [-0.1, -0.05) is 12.1 Å². The minimum atomic E-state index is -0.847. The molecule has 10 nitrogen and oxygen atoms in total. The van der Waals surface area contributed by atoms with Gasteiger partial charge in [0.1, 0.15) is 5.56 Å². The van der Waals surface area contributed by atoms with Crippen molar-refractivity contribution >= 4 is 28.9 Å². The topological polar surface area (TPSA) is 158 Å². The molecular formula is C15H12N4O6. The molecule has 0 unspecified atom stereocenters. The first-order valence-electron chi connectivity index (χ1n) is 6.86. The molecule has 0 aromatic heterocycles. The van der Waals surface area contributed by atoms with Crippen molar-refractivity contribution in [3.05, 3.63) is 73.3 Å². The van der Waals surface area contributed by atoms with Crippen LogP contribution in [-0.2, 0) is 0 Å². The van der Waals surface area contributed by atoms with Crippen LogP contribution in [-0.4, -0.2) is 21.7 Å². The van der Waals surface area contributed by atoms with E-state index in [1.165, 1.54) is 25.1 Å². The Bertz CT molecular complexity index is 874. The number of nitrogens with zero attached hydrogens (tertiary/aromatic N) is 2. The van der Waals surface area contributed by atoms with Gasteiger partial charge in [0, 0.05) is 12.1 Å². The molecule has 0 heterocycles.